The molecule has 0 bridgehead atoms. The highest BCUT2D eigenvalue weighted by atomic mass is 16.5. The van der Waals surface area contributed by atoms with Crippen LogP contribution in [0.25, 0.3) is 0 Å². The largest absolute Gasteiger partial charge is 0.462 e. The standard InChI is InChI=1S/C11H21NO2/c1-4-8-11(13)14-10-7-9-12(5-2)6-3/h4,8H,5-7,9-10H2,1-3H3/b8-4+. The van der Waals surface area contributed by atoms with Crippen LogP contribution in [0.3, 0.4) is 0 Å². The van der Waals surface area contributed by atoms with Gasteiger partial charge in [0.1, 0.15) is 0 Å². The fraction of sp³-hybridized carbons (Fsp3) is 0.727. The van der Waals surface area contributed by atoms with E-state index in [0.717, 1.165) is 26.1 Å². The second-order valence-corrected chi connectivity index (χ2v) is 3.05. The van der Waals surface area contributed by atoms with E-state index in [-0.39, 0.29) is 5.97 Å². The predicted octanol–water partition coefficient (Wildman–Crippen LogP) is 1.84. The smallest absolute Gasteiger partial charge is 0.330 e. The average Bonchev–Trinajstić information content (AvgIpc) is 2.19. The van der Waals surface area contributed by atoms with Crippen LogP contribution in [-0.2, 0) is 9.53 Å². The molecule has 0 aliphatic carbocycles. The van der Waals surface area contributed by atoms with Crippen molar-refractivity contribution in [3.63, 3.8) is 0 Å². The fourth-order valence-corrected chi connectivity index (χ4v) is 1.18. The van der Waals surface area contributed by atoms with E-state index in [1.807, 2.05) is 0 Å². The van der Waals surface area contributed by atoms with Gasteiger partial charge in [-0.1, -0.05) is 19.9 Å². The number of ether oxygens (including phenoxy) is 1. The first kappa shape index (κ1) is 13.2. The molecule has 0 spiro atoms. The summed E-state index contributed by atoms with van der Waals surface area (Å²) < 4.78 is 4.97. The highest BCUT2D eigenvalue weighted by Crippen LogP contribution is 1.92. The molecule has 0 radical (unpaired) electrons. The zero-order valence-electron chi connectivity index (χ0n) is 9.45. The van der Waals surface area contributed by atoms with Crippen molar-refractivity contribution in [1.82, 2.24) is 4.90 Å². The fourth-order valence-electron chi connectivity index (χ4n) is 1.18. The molecule has 0 saturated carbocycles. The van der Waals surface area contributed by atoms with E-state index in [9.17, 15) is 4.79 Å². The molecule has 14 heavy (non-hydrogen) atoms. The SMILES string of the molecule is C/C=C/C(=O)OCCCN(CC)CC. The minimum Gasteiger partial charge on any atom is -0.462 e. The molecule has 0 aliphatic rings. The molecule has 82 valence electrons. The molecule has 0 fully saturated rings. The Morgan fingerprint density at radius 3 is 2.50 bits per heavy atom. The lowest BCUT2D eigenvalue weighted by atomic mass is 10.4. The molecule has 0 aromatic rings. The number of hydrogen-bond acceptors (Lipinski definition) is 3. The van der Waals surface area contributed by atoms with Gasteiger partial charge in [0.25, 0.3) is 0 Å². The van der Waals surface area contributed by atoms with Crippen LogP contribution in [0.5, 0.6) is 0 Å². The summed E-state index contributed by atoms with van der Waals surface area (Å²) in [6, 6.07) is 0. The Morgan fingerprint density at radius 1 is 1.36 bits per heavy atom. The molecule has 3 nitrogen and oxygen atoms in total. The predicted molar refractivity (Wildman–Crippen MR) is 58.2 cm³/mol. The minimum absolute atomic E-state index is 0.243. The quantitative estimate of drug-likeness (QED) is 0.356. The van der Waals surface area contributed by atoms with Crippen molar-refractivity contribution in [2.24, 2.45) is 0 Å². The summed E-state index contributed by atoms with van der Waals surface area (Å²) in [6.45, 7) is 9.69. The van der Waals surface area contributed by atoms with Crippen molar-refractivity contribution in [3.8, 4) is 0 Å². The van der Waals surface area contributed by atoms with E-state index in [1.165, 1.54) is 6.08 Å². The number of hydrogen-bond donors (Lipinski definition) is 0. The first-order valence-electron chi connectivity index (χ1n) is 5.26. The van der Waals surface area contributed by atoms with Crippen LogP contribution in [0.15, 0.2) is 12.2 Å². The van der Waals surface area contributed by atoms with Gasteiger partial charge in [-0.25, -0.2) is 4.79 Å². The molecule has 3 heteroatoms. The van der Waals surface area contributed by atoms with Gasteiger partial charge >= 0.3 is 5.97 Å². The van der Waals surface area contributed by atoms with Crippen LogP contribution in [0.2, 0.25) is 0 Å². The van der Waals surface area contributed by atoms with Crippen molar-refractivity contribution in [1.29, 1.82) is 0 Å². The van der Waals surface area contributed by atoms with Crippen LogP contribution in [0.1, 0.15) is 27.2 Å². The maximum atomic E-state index is 10.9. The molecule has 0 aromatic carbocycles. The topological polar surface area (TPSA) is 29.5 Å². The van der Waals surface area contributed by atoms with Crippen LogP contribution < -0.4 is 0 Å². The summed E-state index contributed by atoms with van der Waals surface area (Å²) in [6.07, 6.45) is 4.04. The number of esters is 1. The third-order valence-corrected chi connectivity index (χ3v) is 2.06. The molecule has 0 aromatic heterocycles. The number of allylic oxidation sites excluding steroid dienone is 1. The summed E-state index contributed by atoms with van der Waals surface area (Å²) in [5, 5.41) is 0. The summed E-state index contributed by atoms with van der Waals surface area (Å²) in [4.78, 5) is 13.2. The Bertz CT molecular complexity index is 174. The lowest BCUT2D eigenvalue weighted by molar-refractivity contribution is -0.137. The molecule has 0 aliphatic heterocycles. The Kier molecular flexibility index (Phi) is 8.24. The summed E-state index contributed by atoms with van der Waals surface area (Å²) in [5.41, 5.74) is 0. The second-order valence-electron chi connectivity index (χ2n) is 3.05. The van der Waals surface area contributed by atoms with Gasteiger partial charge in [0.05, 0.1) is 6.61 Å². The third kappa shape index (κ3) is 6.66. The van der Waals surface area contributed by atoms with Crippen molar-refractivity contribution in [3.05, 3.63) is 12.2 Å². The molecule has 0 unspecified atom stereocenters. The average molecular weight is 199 g/mol. The highest BCUT2D eigenvalue weighted by molar-refractivity contribution is 5.81. The highest BCUT2D eigenvalue weighted by Gasteiger charge is 1.99. The molecule has 0 saturated heterocycles. The van der Waals surface area contributed by atoms with Crippen molar-refractivity contribution >= 4 is 5.97 Å². The van der Waals surface area contributed by atoms with E-state index < -0.39 is 0 Å². The lowest BCUT2D eigenvalue weighted by Gasteiger charge is -2.17. The molecular formula is C11H21NO2. The van der Waals surface area contributed by atoms with Gasteiger partial charge in [-0.3, -0.25) is 0 Å². The van der Waals surface area contributed by atoms with E-state index >= 15 is 0 Å². The molecule has 0 N–H and O–H groups in total. The van der Waals surface area contributed by atoms with Gasteiger partial charge in [-0.2, -0.15) is 0 Å². The van der Waals surface area contributed by atoms with Crippen molar-refractivity contribution < 1.29 is 9.53 Å². The van der Waals surface area contributed by atoms with Crippen molar-refractivity contribution in [2.75, 3.05) is 26.2 Å². The van der Waals surface area contributed by atoms with Gasteiger partial charge in [-0.15, -0.1) is 0 Å². The van der Waals surface area contributed by atoms with Gasteiger partial charge in [-0.05, 0) is 26.4 Å². The molecule has 0 atom stereocenters. The van der Waals surface area contributed by atoms with Gasteiger partial charge in [0.15, 0.2) is 0 Å². The zero-order chi connectivity index (χ0) is 10.8. The Morgan fingerprint density at radius 2 is 2.00 bits per heavy atom. The van der Waals surface area contributed by atoms with Gasteiger partial charge in [0.2, 0.25) is 0 Å². The van der Waals surface area contributed by atoms with Crippen molar-refractivity contribution in [2.45, 2.75) is 27.2 Å². The first-order chi connectivity index (χ1) is 6.74. The number of rotatable bonds is 7. The van der Waals surface area contributed by atoms with Crippen LogP contribution in [0, 0.1) is 0 Å². The number of nitrogens with zero attached hydrogens (tertiary/aromatic N) is 1. The molecule has 0 amide bonds. The van der Waals surface area contributed by atoms with Crippen LogP contribution in [0.4, 0.5) is 0 Å². The zero-order valence-corrected chi connectivity index (χ0v) is 9.45. The third-order valence-electron chi connectivity index (χ3n) is 2.06. The van der Waals surface area contributed by atoms with E-state index in [0.29, 0.717) is 6.61 Å². The van der Waals surface area contributed by atoms with E-state index in [1.54, 1.807) is 13.0 Å². The van der Waals surface area contributed by atoms with E-state index in [4.69, 9.17) is 4.74 Å². The summed E-state index contributed by atoms with van der Waals surface area (Å²) in [7, 11) is 0. The van der Waals surface area contributed by atoms with Crippen LogP contribution in [-0.4, -0.2) is 37.1 Å². The van der Waals surface area contributed by atoms with Crippen LogP contribution >= 0.6 is 0 Å². The molecular weight excluding hydrogens is 178 g/mol. The summed E-state index contributed by atoms with van der Waals surface area (Å²) >= 11 is 0. The Labute approximate surface area is 86.7 Å². The monoisotopic (exact) mass is 199 g/mol. The maximum Gasteiger partial charge on any atom is 0.330 e. The Balaban J connectivity index is 3.41. The lowest BCUT2D eigenvalue weighted by Crippen LogP contribution is -2.25. The number of carbonyl (C=O) groups is 1. The van der Waals surface area contributed by atoms with Gasteiger partial charge < -0.3 is 9.64 Å². The summed E-state index contributed by atoms with van der Waals surface area (Å²) in [5.74, 6) is -0.243. The van der Waals surface area contributed by atoms with Gasteiger partial charge in [0, 0.05) is 12.6 Å². The normalized spacial score (nSPS) is 11.1. The van der Waals surface area contributed by atoms with E-state index in [2.05, 4.69) is 18.7 Å². The second kappa shape index (κ2) is 8.75. The molecule has 0 heterocycles. The minimum atomic E-state index is -0.243. The number of carbonyl (C=O) groups excluding carboxylic acids is 1. The maximum absolute atomic E-state index is 10.9. The first-order valence-corrected chi connectivity index (χ1v) is 5.26. The molecule has 0 rings (SSSR count). The Hall–Kier alpha value is -0.830.